The highest BCUT2D eigenvalue weighted by Crippen LogP contribution is 2.36. The third-order valence-corrected chi connectivity index (χ3v) is 3.12. The molecule has 3 nitrogen and oxygen atoms in total. The Labute approximate surface area is 102 Å². The first kappa shape index (κ1) is 12.0. The van der Waals surface area contributed by atoms with Crippen molar-refractivity contribution >= 4 is 6.09 Å². The van der Waals surface area contributed by atoms with Crippen LogP contribution < -0.4 is 0 Å². The third-order valence-electron chi connectivity index (χ3n) is 3.12. The Morgan fingerprint density at radius 2 is 1.76 bits per heavy atom. The Kier molecular flexibility index (Phi) is 2.86. The largest absolute Gasteiger partial charge is 0.439 e. The average Bonchev–Trinajstić information content (AvgIpc) is 2.54. The van der Waals surface area contributed by atoms with E-state index >= 15 is 0 Å². The molecule has 17 heavy (non-hydrogen) atoms. The van der Waals surface area contributed by atoms with Crippen LogP contribution in [-0.4, -0.2) is 22.6 Å². The van der Waals surface area contributed by atoms with E-state index in [9.17, 15) is 4.79 Å². The standard InChI is InChI=1S/C14H19NO2/c1-10-12(11-8-6-5-7-9-11)17-13(16)15(10)14(2,3)4/h5-10,12H,1-4H3/t10-,12-/m0/s1. The van der Waals surface area contributed by atoms with Crippen LogP contribution in [0.15, 0.2) is 30.3 Å². The van der Waals surface area contributed by atoms with Gasteiger partial charge in [-0.2, -0.15) is 0 Å². The summed E-state index contributed by atoms with van der Waals surface area (Å²) >= 11 is 0. The molecule has 92 valence electrons. The lowest BCUT2D eigenvalue weighted by Crippen LogP contribution is -2.46. The van der Waals surface area contributed by atoms with Gasteiger partial charge in [0.05, 0.1) is 6.04 Å². The van der Waals surface area contributed by atoms with Gasteiger partial charge in [-0.3, -0.25) is 4.90 Å². The van der Waals surface area contributed by atoms with Gasteiger partial charge in [-0.1, -0.05) is 30.3 Å². The summed E-state index contributed by atoms with van der Waals surface area (Å²) in [5, 5.41) is 0. The highest BCUT2D eigenvalue weighted by Gasteiger charge is 2.44. The summed E-state index contributed by atoms with van der Waals surface area (Å²) in [6, 6.07) is 9.96. The number of carbonyl (C=O) groups is 1. The number of carbonyl (C=O) groups excluding carboxylic acids is 1. The second-order valence-corrected chi connectivity index (χ2v) is 5.50. The summed E-state index contributed by atoms with van der Waals surface area (Å²) in [6.07, 6.45) is -0.387. The van der Waals surface area contributed by atoms with Crippen LogP contribution >= 0.6 is 0 Å². The highest BCUT2D eigenvalue weighted by molar-refractivity contribution is 5.72. The van der Waals surface area contributed by atoms with Crippen molar-refractivity contribution in [1.82, 2.24) is 4.90 Å². The van der Waals surface area contributed by atoms with Gasteiger partial charge in [0.15, 0.2) is 0 Å². The molecule has 1 aliphatic rings. The molecule has 2 rings (SSSR count). The molecule has 0 aliphatic carbocycles. The number of ether oxygens (including phenoxy) is 1. The van der Waals surface area contributed by atoms with E-state index in [1.165, 1.54) is 0 Å². The maximum absolute atomic E-state index is 11.9. The van der Waals surface area contributed by atoms with Crippen LogP contribution in [0.25, 0.3) is 0 Å². The molecular formula is C14H19NO2. The molecular weight excluding hydrogens is 214 g/mol. The quantitative estimate of drug-likeness (QED) is 0.744. The first-order valence-electron chi connectivity index (χ1n) is 5.96. The summed E-state index contributed by atoms with van der Waals surface area (Å²) in [4.78, 5) is 13.7. The Morgan fingerprint density at radius 1 is 1.18 bits per heavy atom. The molecule has 0 spiro atoms. The van der Waals surface area contributed by atoms with Gasteiger partial charge in [-0.25, -0.2) is 4.79 Å². The number of cyclic esters (lactones) is 1. The van der Waals surface area contributed by atoms with E-state index < -0.39 is 0 Å². The molecule has 0 N–H and O–H groups in total. The molecule has 1 aliphatic heterocycles. The van der Waals surface area contributed by atoms with E-state index in [-0.39, 0.29) is 23.8 Å². The number of amides is 1. The van der Waals surface area contributed by atoms with Crippen molar-refractivity contribution in [2.75, 3.05) is 0 Å². The second kappa shape index (κ2) is 4.06. The zero-order valence-corrected chi connectivity index (χ0v) is 10.8. The Hall–Kier alpha value is -1.51. The van der Waals surface area contributed by atoms with Crippen molar-refractivity contribution in [3.05, 3.63) is 35.9 Å². The van der Waals surface area contributed by atoms with Gasteiger partial charge < -0.3 is 4.74 Å². The number of hydrogen-bond acceptors (Lipinski definition) is 2. The van der Waals surface area contributed by atoms with Gasteiger partial charge in [0, 0.05) is 5.54 Å². The monoisotopic (exact) mass is 233 g/mol. The number of benzene rings is 1. The first-order valence-corrected chi connectivity index (χ1v) is 5.96. The fourth-order valence-corrected chi connectivity index (χ4v) is 2.44. The van der Waals surface area contributed by atoms with Crippen LogP contribution in [0.4, 0.5) is 4.79 Å². The fraction of sp³-hybridized carbons (Fsp3) is 0.500. The molecule has 3 heteroatoms. The molecule has 1 amide bonds. The Bertz CT molecular complexity index is 408. The fourth-order valence-electron chi connectivity index (χ4n) is 2.44. The predicted molar refractivity (Wildman–Crippen MR) is 66.7 cm³/mol. The Balaban J connectivity index is 2.28. The van der Waals surface area contributed by atoms with E-state index in [1.54, 1.807) is 0 Å². The van der Waals surface area contributed by atoms with Crippen LogP contribution in [0.2, 0.25) is 0 Å². The molecule has 1 aromatic rings. The maximum atomic E-state index is 11.9. The summed E-state index contributed by atoms with van der Waals surface area (Å²) in [7, 11) is 0. The summed E-state index contributed by atoms with van der Waals surface area (Å²) < 4.78 is 5.49. The van der Waals surface area contributed by atoms with E-state index in [0.29, 0.717) is 0 Å². The predicted octanol–water partition coefficient (Wildman–Crippen LogP) is 3.37. The van der Waals surface area contributed by atoms with Crippen LogP contribution in [-0.2, 0) is 4.74 Å². The van der Waals surface area contributed by atoms with Crippen LogP contribution in [0.1, 0.15) is 39.4 Å². The Morgan fingerprint density at radius 3 is 2.24 bits per heavy atom. The molecule has 0 saturated carbocycles. The molecule has 0 bridgehead atoms. The van der Waals surface area contributed by atoms with Gasteiger partial charge >= 0.3 is 6.09 Å². The summed E-state index contributed by atoms with van der Waals surface area (Å²) in [5.74, 6) is 0. The number of nitrogens with zero attached hydrogens (tertiary/aromatic N) is 1. The second-order valence-electron chi connectivity index (χ2n) is 5.50. The maximum Gasteiger partial charge on any atom is 0.411 e. The van der Waals surface area contributed by atoms with Gasteiger partial charge in [-0.15, -0.1) is 0 Å². The summed E-state index contributed by atoms with van der Waals surface area (Å²) in [5.41, 5.74) is 0.847. The molecule has 0 radical (unpaired) electrons. The van der Waals surface area contributed by atoms with Crippen LogP contribution in [0.3, 0.4) is 0 Å². The minimum absolute atomic E-state index is 0.0601. The van der Waals surface area contributed by atoms with Crippen molar-refractivity contribution in [1.29, 1.82) is 0 Å². The molecule has 1 aromatic carbocycles. The zero-order valence-electron chi connectivity index (χ0n) is 10.8. The minimum atomic E-state index is -0.223. The number of hydrogen-bond donors (Lipinski definition) is 0. The van der Waals surface area contributed by atoms with Crippen molar-refractivity contribution in [2.24, 2.45) is 0 Å². The van der Waals surface area contributed by atoms with Gasteiger partial charge in [0.1, 0.15) is 6.10 Å². The lowest BCUT2D eigenvalue weighted by atomic mass is 9.99. The van der Waals surface area contributed by atoms with Crippen molar-refractivity contribution in [3.63, 3.8) is 0 Å². The number of rotatable bonds is 1. The lowest BCUT2D eigenvalue weighted by Gasteiger charge is -2.33. The molecule has 1 heterocycles. The SMILES string of the molecule is C[C@H]1[C@@H](c2ccccc2)OC(=O)N1C(C)(C)C. The van der Waals surface area contributed by atoms with Crippen molar-refractivity contribution in [3.8, 4) is 0 Å². The van der Waals surface area contributed by atoms with E-state index in [0.717, 1.165) is 5.56 Å². The minimum Gasteiger partial charge on any atom is -0.439 e. The highest BCUT2D eigenvalue weighted by atomic mass is 16.6. The van der Waals surface area contributed by atoms with Gasteiger partial charge in [0.25, 0.3) is 0 Å². The smallest absolute Gasteiger partial charge is 0.411 e. The molecule has 0 aromatic heterocycles. The topological polar surface area (TPSA) is 29.5 Å². The van der Waals surface area contributed by atoms with Crippen LogP contribution in [0.5, 0.6) is 0 Å². The first-order chi connectivity index (χ1) is 7.91. The zero-order chi connectivity index (χ0) is 12.6. The van der Waals surface area contributed by atoms with Gasteiger partial charge in [0.2, 0.25) is 0 Å². The van der Waals surface area contributed by atoms with Crippen molar-refractivity contribution in [2.45, 2.75) is 45.4 Å². The van der Waals surface area contributed by atoms with E-state index in [4.69, 9.17) is 4.74 Å². The summed E-state index contributed by atoms with van der Waals surface area (Å²) in [6.45, 7) is 8.11. The van der Waals surface area contributed by atoms with Crippen molar-refractivity contribution < 1.29 is 9.53 Å². The normalized spacial score (nSPS) is 24.9. The van der Waals surface area contributed by atoms with E-state index in [2.05, 4.69) is 0 Å². The molecule has 1 saturated heterocycles. The lowest BCUT2D eigenvalue weighted by molar-refractivity contribution is 0.119. The molecule has 1 fully saturated rings. The molecule has 2 atom stereocenters. The molecule has 0 unspecified atom stereocenters. The van der Waals surface area contributed by atoms with E-state index in [1.807, 2.05) is 62.9 Å². The van der Waals surface area contributed by atoms with Gasteiger partial charge in [-0.05, 0) is 33.3 Å². The third kappa shape index (κ3) is 2.14. The van der Waals surface area contributed by atoms with Crippen LogP contribution in [0, 0.1) is 0 Å². The average molecular weight is 233 g/mol.